The number of carboxylic acid groups (broad SMARTS) is 1. The van der Waals surface area contributed by atoms with Crippen molar-refractivity contribution in [1.29, 1.82) is 0 Å². The Balaban J connectivity index is 1.71. The van der Waals surface area contributed by atoms with E-state index < -0.39 is 29.7 Å². The Morgan fingerprint density at radius 3 is 2.44 bits per heavy atom. The maximum Gasteiger partial charge on any atom is 0.407 e. The molecule has 32 heavy (non-hydrogen) atoms. The van der Waals surface area contributed by atoms with Crippen molar-refractivity contribution in [3.8, 4) is 16.9 Å². The minimum absolute atomic E-state index is 0.00787. The summed E-state index contributed by atoms with van der Waals surface area (Å²) in [6, 6.07) is 18.8. The average molecular weight is 456 g/mol. The Hall–Kier alpha value is -3.12. The Labute approximate surface area is 189 Å². The van der Waals surface area contributed by atoms with Crippen molar-refractivity contribution in [3.63, 3.8) is 0 Å². The van der Waals surface area contributed by atoms with E-state index in [9.17, 15) is 18.7 Å². The fourth-order valence-electron chi connectivity index (χ4n) is 5.01. The van der Waals surface area contributed by atoms with Crippen molar-refractivity contribution in [2.45, 2.75) is 30.7 Å². The second-order valence-electron chi connectivity index (χ2n) is 8.21. The molecule has 0 bridgehead atoms. The second kappa shape index (κ2) is 7.78. The van der Waals surface area contributed by atoms with E-state index in [0.29, 0.717) is 22.4 Å². The number of fused-ring (bicyclic) bond motifs is 1. The molecule has 0 spiro atoms. The lowest BCUT2D eigenvalue weighted by molar-refractivity contribution is 0.00674. The highest BCUT2D eigenvalue weighted by atomic mass is 35.5. The molecular weight excluding hydrogens is 436 g/mol. The summed E-state index contributed by atoms with van der Waals surface area (Å²) >= 11 is 6.42. The number of nitrogens with zero attached hydrogens (tertiary/aromatic N) is 1. The first-order valence-corrected chi connectivity index (χ1v) is 10.7. The van der Waals surface area contributed by atoms with Crippen molar-refractivity contribution in [2.24, 2.45) is 0 Å². The fourth-order valence-corrected chi connectivity index (χ4v) is 5.28. The van der Waals surface area contributed by atoms with Crippen LogP contribution in [0.5, 0.6) is 5.75 Å². The van der Waals surface area contributed by atoms with Crippen LogP contribution in [0, 0.1) is 5.82 Å². The average Bonchev–Trinajstić information content (AvgIpc) is 3.37. The Bertz CT molecular complexity index is 1170. The highest BCUT2D eigenvalue weighted by molar-refractivity contribution is 6.33. The van der Waals surface area contributed by atoms with Gasteiger partial charge in [-0.3, -0.25) is 4.90 Å². The number of alkyl halides is 1. The van der Waals surface area contributed by atoms with Crippen LogP contribution in [0.2, 0.25) is 5.02 Å². The number of amides is 1. The van der Waals surface area contributed by atoms with Gasteiger partial charge in [0.1, 0.15) is 17.7 Å². The van der Waals surface area contributed by atoms with Gasteiger partial charge in [0.05, 0.1) is 17.6 Å². The summed E-state index contributed by atoms with van der Waals surface area (Å²) < 4.78 is 35.7. The van der Waals surface area contributed by atoms with Gasteiger partial charge in [-0.25, -0.2) is 13.6 Å². The van der Waals surface area contributed by atoms with E-state index in [2.05, 4.69) is 0 Å². The minimum Gasteiger partial charge on any atom is -0.480 e. The van der Waals surface area contributed by atoms with Gasteiger partial charge in [0.15, 0.2) is 5.60 Å². The topological polar surface area (TPSA) is 49.8 Å². The number of likely N-dealkylation sites (tertiary alicyclic amines) is 1. The Morgan fingerprint density at radius 2 is 1.78 bits per heavy atom. The van der Waals surface area contributed by atoms with E-state index in [4.69, 9.17) is 16.3 Å². The van der Waals surface area contributed by atoms with Gasteiger partial charge in [-0.05, 0) is 11.1 Å². The largest absolute Gasteiger partial charge is 0.480 e. The molecule has 5 rings (SSSR count). The Morgan fingerprint density at radius 1 is 1.12 bits per heavy atom. The van der Waals surface area contributed by atoms with E-state index in [-0.39, 0.29) is 24.4 Å². The predicted octanol–water partition coefficient (Wildman–Crippen LogP) is 6.07. The first-order chi connectivity index (χ1) is 15.4. The summed E-state index contributed by atoms with van der Waals surface area (Å²) in [4.78, 5) is 13.1. The van der Waals surface area contributed by atoms with Gasteiger partial charge in [0.2, 0.25) is 0 Å². The summed E-state index contributed by atoms with van der Waals surface area (Å²) in [7, 11) is 0. The molecule has 0 aliphatic carbocycles. The van der Waals surface area contributed by atoms with Crippen molar-refractivity contribution in [1.82, 2.24) is 4.90 Å². The van der Waals surface area contributed by atoms with Crippen LogP contribution in [0.3, 0.4) is 0 Å². The molecule has 0 saturated carbocycles. The van der Waals surface area contributed by atoms with E-state index >= 15 is 0 Å². The third kappa shape index (κ3) is 3.21. The van der Waals surface area contributed by atoms with Gasteiger partial charge < -0.3 is 9.84 Å². The van der Waals surface area contributed by atoms with Crippen molar-refractivity contribution in [3.05, 3.63) is 88.7 Å². The SMILES string of the molecule is O=C(O)N1C[C@H](F)C[C@H]1[C@@]1(c2ccccc2)Cc2c(cc(F)c(Cl)c2-c2ccccc2)O1. The zero-order valence-corrected chi connectivity index (χ0v) is 17.7. The fraction of sp³-hybridized carbons (Fsp3) is 0.240. The number of hydrogen-bond acceptors (Lipinski definition) is 2. The highest BCUT2D eigenvalue weighted by Crippen LogP contribution is 2.52. The quantitative estimate of drug-likeness (QED) is 0.521. The molecule has 0 radical (unpaired) electrons. The van der Waals surface area contributed by atoms with Crippen LogP contribution in [0.1, 0.15) is 17.5 Å². The molecule has 1 fully saturated rings. The number of halogens is 3. The number of rotatable bonds is 3. The minimum atomic E-state index is -1.31. The van der Waals surface area contributed by atoms with E-state index in [1.54, 1.807) is 0 Å². The maximum absolute atomic E-state index is 14.8. The van der Waals surface area contributed by atoms with Gasteiger partial charge in [0.25, 0.3) is 0 Å². The van der Waals surface area contributed by atoms with Gasteiger partial charge in [-0.2, -0.15) is 0 Å². The zero-order chi connectivity index (χ0) is 22.5. The summed E-state index contributed by atoms with van der Waals surface area (Å²) in [5, 5.41) is 9.76. The maximum atomic E-state index is 14.8. The van der Waals surface area contributed by atoms with Gasteiger partial charge in [0, 0.05) is 30.0 Å². The van der Waals surface area contributed by atoms with Gasteiger partial charge >= 0.3 is 6.09 Å². The monoisotopic (exact) mass is 455 g/mol. The lowest BCUT2D eigenvalue weighted by atomic mass is 9.80. The van der Waals surface area contributed by atoms with E-state index in [1.165, 1.54) is 6.07 Å². The molecule has 3 aromatic carbocycles. The lowest BCUT2D eigenvalue weighted by Crippen LogP contribution is -2.52. The smallest absolute Gasteiger partial charge is 0.407 e. The van der Waals surface area contributed by atoms with E-state index in [1.807, 2.05) is 60.7 Å². The third-order valence-electron chi connectivity index (χ3n) is 6.38. The summed E-state index contributed by atoms with van der Waals surface area (Å²) in [5.41, 5.74) is 1.42. The summed E-state index contributed by atoms with van der Waals surface area (Å²) in [6.07, 6.45) is -2.29. The summed E-state index contributed by atoms with van der Waals surface area (Å²) in [6.45, 7) is -0.227. The first kappa shape index (κ1) is 20.8. The molecule has 0 aromatic heterocycles. The van der Waals surface area contributed by atoms with Gasteiger partial charge in [-0.1, -0.05) is 72.3 Å². The van der Waals surface area contributed by atoms with Crippen LogP contribution < -0.4 is 4.74 Å². The van der Waals surface area contributed by atoms with Crippen LogP contribution in [0.4, 0.5) is 13.6 Å². The summed E-state index contributed by atoms with van der Waals surface area (Å²) in [5.74, 6) is -0.333. The number of benzene rings is 3. The van der Waals surface area contributed by atoms with Crippen molar-refractivity contribution < 1.29 is 23.4 Å². The molecule has 2 aliphatic heterocycles. The second-order valence-corrected chi connectivity index (χ2v) is 8.59. The Kier molecular flexibility index (Phi) is 5.05. The standard InChI is InChI=1S/C25H20ClF2NO3/c26-23-19(28)12-20-18(22(23)15-7-3-1-4-8-15)13-25(32-20,16-9-5-2-6-10-16)21-11-17(27)14-29(21)24(30)31/h1-10,12,17,21H,11,13-14H2,(H,30,31)/t17-,21+,25+/m1/s1. The van der Waals surface area contributed by atoms with Crippen molar-refractivity contribution in [2.75, 3.05) is 6.54 Å². The normalized spacial score (nSPS) is 24.3. The number of ether oxygens (including phenoxy) is 1. The predicted molar refractivity (Wildman–Crippen MR) is 117 cm³/mol. The number of carbonyl (C=O) groups is 1. The first-order valence-electron chi connectivity index (χ1n) is 10.3. The van der Waals surface area contributed by atoms with Crippen LogP contribution in [-0.2, 0) is 12.0 Å². The molecule has 1 amide bonds. The third-order valence-corrected chi connectivity index (χ3v) is 6.75. The molecule has 164 valence electrons. The molecule has 1 saturated heterocycles. The van der Waals surface area contributed by atoms with E-state index in [0.717, 1.165) is 10.5 Å². The lowest BCUT2D eigenvalue weighted by Gasteiger charge is -2.38. The highest BCUT2D eigenvalue weighted by Gasteiger charge is 2.55. The van der Waals surface area contributed by atoms with Gasteiger partial charge in [-0.15, -0.1) is 0 Å². The molecule has 7 heteroatoms. The number of hydrogen-bond donors (Lipinski definition) is 1. The molecule has 1 N–H and O–H groups in total. The molecular formula is C25H20ClF2NO3. The van der Waals surface area contributed by atoms with Crippen LogP contribution in [0.25, 0.3) is 11.1 Å². The van der Waals surface area contributed by atoms with Crippen molar-refractivity contribution >= 4 is 17.7 Å². The zero-order valence-electron chi connectivity index (χ0n) is 17.0. The molecule has 0 unspecified atom stereocenters. The molecule has 4 nitrogen and oxygen atoms in total. The molecule has 3 aromatic rings. The van der Waals surface area contributed by atoms with Crippen LogP contribution >= 0.6 is 11.6 Å². The molecule has 3 atom stereocenters. The van der Waals surface area contributed by atoms with Crippen LogP contribution in [0.15, 0.2) is 66.7 Å². The molecule has 2 heterocycles. The van der Waals surface area contributed by atoms with Crippen LogP contribution in [-0.4, -0.2) is 34.9 Å². The molecule has 2 aliphatic rings.